The van der Waals surface area contributed by atoms with Gasteiger partial charge in [-0.05, 0) is 45.1 Å². The van der Waals surface area contributed by atoms with Crippen molar-refractivity contribution in [3.8, 4) is 0 Å². The molecule has 1 saturated heterocycles. The van der Waals surface area contributed by atoms with Crippen LogP contribution in [0.15, 0.2) is 4.52 Å². The van der Waals surface area contributed by atoms with Gasteiger partial charge in [0.1, 0.15) is 0 Å². The minimum Gasteiger partial charge on any atom is -0.393 e. The molecule has 5 nitrogen and oxygen atoms in total. The average Bonchev–Trinajstić information content (AvgIpc) is 3.10. The smallest absolute Gasteiger partial charge is 0.240 e. The molecule has 1 aliphatic heterocycles. The second-order valence-electron chi connectivity index (χ2n) is 7.02. The molecule has 0 aromatic carbocycles. The third kappa shape index (κ3) is 2.86. The zero-order valence-corrected chi connectivity index (χ0v) is 12.6. The maximum atomic E-state index is 10.2. The molecule has 1 aromatic heterocycles. The molecule has 2 heterocycles. The molecule has 0 radical (unpaired) electrons. The van der Waals surface area contributed by atoms with Crippen LogP contribution in [0.1, 0.15) is 69.0 Å². The number of rotatable bonds is 4. The number of piperidine rings is 1. The van der Waals surface area contributed by atoms with Gasteiger partial charge in [-0.3, -0.25) is 4.90 Å². The molecule has 2 saturated carbocycles. The average molecular weight is 291 g/mol. The van der Waals surface area contributed by atoms with Crippen LogP contribution in [0.4, 0.5) is 0 Å². The van der Waals surface area contributed by atoms with E-state index in [1.165, 1.54) is 44.9 Å². The number of aliphatic hydroxyl groups excluding tert-OH is 1. The van der Waals surface area contributed by atoms with Crippen LogP contribution >= 0.6 is 0 Å². The summed E-state index contributed by atoms with van der Waals surface area (Å²) < 4.78 is 5.44. The molecule has 3 fully saturated rings. The second kappa shape index (κ2) is 5.69. The zero-order chi connectivity index (χ0) is 14.2. The molecule has 0 spiro atoms. The van der Waals surface area contributed by atoms with Crippen molar-refractivity contribution in [2.45, 2.75) is 76.0 Å². The normalized spacial score (nSPS) is 34.4. The first-order chi connectivity index (χ1) is 10.3. The first-order valence-corrected chi connectivity index (χ1v) is 8.56. The van der Waals surface area contributed by atoms with E-state index in [-0.39, 0.29) is 6.10 Å². The SMILES string of the molecule is OC1CCCC1C1CCCCN1Cc1nc(C2CC2)no1. The van der Waals surface area contributed by atoms with Crippen molar-refractivity contribution in [1.82, 2.24) is 15.0 Å². The van der Waals surface area contributed by atoms with Crippen LogP contribution in [-0.4, -0.2) is 38.8 Å². The Morgan fingerprint density at radius 2 is 2.00 bits per heavy atom. The van der Waals surface area contributed by atoms with E-state index < -0.39 is 0 Å². The Kier molecular flexibility index (Phi) is 3.71. The first-order valence-electron chi connectivity index (χ1n) is 8.56. The Labute approximate surface area is 125 Å². The van der Waals surface area contributed by atoms with Gasteiger partial charge in [0, 0.05) is 17.9 Å². The third-order valence-electron chi connectivity index (χ3n) is 5.45. The van der Waals surface area contributed by atoms with Crippen LogP contribution in [0, 0.1) is 5.92 Å². The standard InChI is InChI=1S/C16H25N3O2/c20-14-6-3-4-12(14)13-5-1-2-9-19(13)10-15-17-16(18-21-15)11-7-8-11/h11-14,20H,1-10H2. The highest BCUT2D eigenvalue weighted by Crippen LogP contribution is 2.39. The lowest BCUT2D eigenvalue weighted by Gasteiger charge is -2.39. The van der Waals surface area contributed by atoms with Gasteiger partial charge in [0.15, 0.2) is 5.82 Å². The molecule has 4 rings (SSSR count). The van der Waals surface area contributed by atoms with E-state index in [4.69, 9.17) is 4.52 Å². The van der Waals surface area contributed by atoms with E-state index in [1.807, 2.05) is 0 Å². The van der Waals surface area contributed by atoms with E-state index in [9.17, 15) is 5.11 Å². The Hall–Kier alpha value is -0.940. The molecule has 0 amide bonds. The van der Waals surface area contributed by atoms with Crippen molar-refractivity contribution in [3.05, 3.63) is 11.7 Å². The molecule has 5 heteroatoms. The molecule has 2 aliphatic carbocycles. The summed E-state index contributed by atoms with van der Waals surface area (Å²) in [5, 5.41) is 14.4. The summed E-state index contributed by atoms with van der Waals surface area (Å²) in [6.07, 6.45) is 9.33. The van der Waals surface area contributed by atoms with E-state index in [2.05, 4.69) is 15.0 Å². The summed E-state index contributed by atoms with van der Waals surface area (Å²) in [6.45, 7) is 1.85. The number of hydrogen-bond donors (Lipinski definition) is 1. The highest BCUT2D eigenvalue weighted by molar-refractivity contribution is 5.03. The summed E-state index contributed by atoms with van der Waals surface area (Å²) in [6, 6.07) is 0.493. The molecule has 1 N–H and O–H groups in total. The number of nitrogens with zero attached hydrogens (tertiary/aromatic N) is 3. The molecular formula is C16H25N3O2. The van der Waals surface area contributed by atoms with E-state index in [0.29, 0.717) is 17.9 Å². The van der Waals surface area contributed by atoms with Crippen molar-refractivity contribution >= 4 is 0 Å². The van der Waals surface area contributed by atoms with Crippen LogP contribution in [0.2, 0.25) is 0 Å². The zero-order valence-electron chi connectivity index (χ0n) is 12.6. The summed E-state index contributed by atoms with van der Waals surface area (Å²) >= 11 is 0. The maximum absolute atomic E-state index is 10.2. The van der Waals surface area contributed by atoms with Crippen molar-refractivity contribution in [1.29, 1.82) is 0 Å². The number of hydrogen-bond acceptors (Lipinski definition) is 5. The largest absolute Gasteiger partial charge is 0.393 e. The van der Waals surface area contributed by atoms with E-state index in [0.717, 1.165) is 31.2 Å². The lowest BCUT2D eigenvalue weighted by Crippen LogP contribution is -2.45. The summed E-state index contributed by atoms with van der Waals surface area (Å²) in [7, 11) is 0. The van der Waals surface area contributed by atoms with Gasteiger partial charge in [0.25, 0.3) is 0 Å². The molecule has 21 heavy (non-hydrogen) atoms. The topological polar surface area (TPSA) is 62.4 Å². The Balaban J connectivity index is 1.45. The summed E-state index contributed by atoms with van der Waals surface area (Å²) in [5.74, 6) is 2.66. The van der Waals surface area contributed by atoms with Crippen molar-refractivity contribution in [2.24, 2.45) is 5.92 Å². The minimum atomic E-state index is -0.111. The molecule has 3 unspecified atom stereocenters. The van der Waals surface area contributed by atoms with Crippen LogP contribution < -0.4 is 0 Å². The fourth-order valence-electron chi connectivity index (χ4n) is 4.13. The van der Waals surface area contributed by atoms with Crippen molar-refractivity contribution in [2.75, 3.05) is 6.54 Å². The lowest BCUT2D eigenvalue weighted by molar-refractivity contribution is 0.0262. The van der Waals surface area contributed by atoms with Gasteiger partial charge in [-0.25, -0.2) is 0 Å². The predicted octanol–water partition coefficient (Wildman–Crippen LogP) is 2.46. The summed E-state index contributed by atoms with van der Waals surface area (Å²) in [4.78, 5) is 7.04. The minimum absolute atomic E-state index is 0.111. The van der Waals surface area contributed by atoms with Gasteiger partial charge in [-0.1, -0.05) is 18.0 Å². The molecule has 1 aromatic rings. The van der Waals surface area contributed by atoms with Gasteiger partial charge in [0.05, 0.1) is 12.6 Å². The summed E-state index contributed by atoms with van der Waals surface area (Å²) in [5.41, 5.74) is 0. The van der Waals surface area contributed by atoms with Gasteiger partial charge >= 0.3 is 0 Å². The van der Waals surface area contributed by atoms with Gasteiger partial charge in [-0.15, -0.1) is 0 Å². The van der Waals surface area contributed by atoms with Crippen LogP contribution in [0.5, 0.6) is 0 Å². The van der Waals surface area contributed by atoms with Gasteiger partial charge in [-0.2, -0.15) is 4.98 Å². The highest BCUT2D eigenvalue weighted by Gasteiger charge is 2.37. The third-order valence-corrected chi connectivity index (χ3v) is 5.45. The number of aliphatic hydroxyl groups is 1. The Bertz CT molecular complexity index is 486. The van der Waals surface area contributed by atoms with E-state index >= 15 is 0 Å². The Morgan fingerprint density at radius 3 is 2.76 bits per heavy atom. The number of likely N-dealkylation sites (tertiary alicyclic amines) is 1. The van der Waals surface area contributed by atoms with Gasteiger partial charge in [0.2, 0.25) is 5.89 Å². The quantitative estimate of drug-likeness (QED) is 0.923. The van der Waals surface area contributed by atoms with Crippen molar-refractivity contribution in [3.63, 3.8) is 0 Å². The van der Waals surface area contributed by atoms with Crippen LogP contribution in [-0.2, 0) is 6.54 Å². The van der Waals surface area contributed by atoms with Crippen LogP contribution in [0.3, 0.4) is 0 Å². The molecule has 3 atom stereocenters. The lowest BCUT2D eigenvalue weighted by atomic mass is 9.88. The fraction of sp³-hybridized carbons (Fsp3) is 0.875. The predicted molar refractivity (Wildman–Crippen MR) is 77.7 cm³/mol. The molecular weight excluding hydrogens is 266 g/mol. The molecule has 0 bridgehead atoms. The number of aromatic nitrogens is 2. The van der Waals surface area contributed by atoms with Crippen LogP contribution in [0.25, 0.3) is 0 Å². The second-order valence-corrected chi connectivity index (χ2v) is 7.02. The first kappa shape index (κ1) is 13.7. The highest BCUT2D eigenvalue weighted by atomic mass is 16.5. The van der Waals surface area contributed by atoms with Gasteiger partial charge < -0.3 is 9.63 Å². The molecule has 116 valence electrons. The molecule has 3 aliphatic rings. The maximum Gasteiger partial charge on any atom is 0.240 e. The van der Waals surface area contributed by atoms with Crippen molar-refractivity contribution < 1.29 is 9.63 Å². The van der Waals surface area contributed by atoms with E-state index in [1.54, 1.807) is 0 Å². The fourth-order valence-corrected chi connectivity index (χ4v) is 4.13. The Morgan fingerprint density at radius 1 is 1.10 bits per heavy atom. The monoisotopic (exact) mass is 291 g/mol.